The molecule has 3 heteroatoms. The van der Waals surface area contributed by atoms with Crippen LogP contribution in [0, 0.1) is 13.8 Å². The van der Waals surface area contributed by atoms with Crippen LogP contribution in [0.2, 0.25) is 5.02 Å². The molecule has 0 amide bonds. The zero-order chi connectivity index (χ0) is 12.6. The molecular weight excluding hydrogens is 234 g/mol. The predicted molar refractivity (Wildman–Crippen MR) is 71.8 cm³/mol. The summed E-state index contributed by atoms with van der Waals surface area (Å²) in [7, 11) is 1.65. The molecule has 0 unspecified atom stereocenters. The van der Waals surface area contributed by atoms with Crippen LogP contribution in [0.3, 0.4) is 0 Å². The van der Waals surface area contributed by atoms with Gasteiger partial charge in [0.2, 0.25) is 0 Å². The minimum absolute atomic E-state index is 0.190. The summed E-state index contributed by atoms with van der Waals surface area (Å²) < 4.78 is 5.28. The molecule has 2 rings (SSSR count). The van der Waals surface area contributed by atoms with Gasteiger partial charge in [-0.15, -0.1) is 0 Å². The Morgan fingerprint density at radius 1 is 1.29 bits per heavy atom. The maximum absolute atomic E-state index is 6.54. The standard InChI is InChI=1S/C14H20ClNO/c1-9-8-11(17-3)13(15)10(2)12(9)14(16)6-4-5-7-14/h8H,4-7,16H2,1-3H3. The Kier molecular flexibility index (Phi) is 3.37. The van der Waals surface area contributed by atoms with E-state index >= 15 is 0 Å². The molecule has 0 heterocycles. The first-order chi connectivity index (χ1) is 7.99. The van der Waals surface area contributed by atoms with Gasteiger partial charge in [0.15, 0.2) is 0 Å². The number of benzene rings is 1. The molecule has 0 aromatic heterocycles. The Bertz CT molecular complexity index is 436. The van der Waals surface area contributed by atoms with Gasteiger partial charge in [-0.3, -0.25) is 0 Å². The van der Waals surface area contributed by atoms with Gasteiger partial charge >= 0.3 is 0 Å². The van der Waals surface area contributed by atoms with Gasteiger partial charge in [0, 0.05) is 5.54 Å². The van der Waals surface area contributed by atoms with Crippen molar-refractivity contribution in [1.82, 2.24) is 0 Å². The number of ether oxygens (including phenoxy) is 1. The van der Waals surface area contributed by atoms with Crippen molar-refractivity contribution in [2.24, 2.45) is 5.73 Å². The molecule has 2 N–H and O–H groups in total. The molecule has 94 valence electrons. The Morgan fingerprint density at radius 2 is 1.88 bits per heavy atom. The van der Waals surface area contributed by atoms with Crippen LogP contribution in [0.15, 0.2) is 6.07 Å². The summed E-state index contributed by atoms with van der Waals surface area (Å²) in [5, 5.41) is 0.699. The van der Waals surface area contributed by atoms with E-state index in [2.05, 4.69) is 6.92 Å². The van der Waals surface area contributed by atoms with Crippen LogP contribution in [0.25, 0.3) is 0 Å². The van der Waals surface area contributed by atoms with Gasteiger partial charge < -0.3 is 10.5 Å². The molecule has 1 aromatic rings. The topological polar surface area (TPSA) is 35.2 Å². The lowest BCUT2D eigenvalue weighted by atomic mass is 9.83. The van der Waals surface area contributed by atoms with Crippen molar-refractivity contribution in [3.8, 4) is 5.75 Å². The number of aryl methyl sites for hydroxylation is 1. The third-order valence-corrected chi connectivity index (χ3v) is 4.35. The van der Waals surface area contributed by atoms with Gasteiger partial charge in [-0.25, -0.2) is 0 Å². The first kappa shape index (κ1) is 12.7. The van der Waals surface area contributed by atoms with E-state index in [4.69, 9.17) is 22.1 Å². The molecule has 0 aliphatic heterocycles. The van der Waals surface area contributed by atoms with Crippen molar-refractivity contribution in [1.29, 1.82) is 0 Å². The summed E-state index contributed by atoms with van der Waals surface area (Å²) in [5.41, 5.74) is 9.84. The molecule has 17 heavy (non-hydrogen) atoms. The highest BCUT2D eigenvalue weighted by Gasteiger charge is 2.34. The average Bonchev–Trinajstić information content (AvgIpc) is 2.71. The SMILES string of the molecule is COc1cc(C)c(C2(N)CCCC2)c(C)c1Cl. The predicted octanol–water partition coefficient (Wildman–Crippen LogP) is 3.69. The van der Waals surface area contributed by atoms with E-state index < -0.39 is 0 Å². The largest absolute Gasteiger partial charge is 0.495 e. The molecule has 1 saturated carbocycles. The maximum atomic E-state index is 6.54. The quantitative estimate of drug-likeness (QED) is 0.872. The number of hydrogen-bond acceptors (Lipinski definition) is 2. The first-order valence-corrected chi connectivity index (χ1v) is 6.50. The van der Waals surface area contributed by atoms with Crippen molar-refractivity contribution in [2.75, 3.05) is 7.11 Å². The average molecular weight is 254 g/mol. The molecule has 1 aliphatic carbocycles. The van der Waals surface area contributed by atoms with Crippen molar-refractivity contribution in [2.45, 2.75) is 45.1 Å². The summed E-state index contributed by atoms with van der Waals surface area (Å²) in [4.78, 5) is 0. The molecule has 0 spiro atoms. The Balaban J connectivity index is 2.58. The van der Waals surface area contributed by atoms with E-state index in [9.17, 15) is 0 Å². The molecule has 0 saturated heterocycles. The van der Waals surface area contributed by atoms with Crippen molar-refractivity contribution < 1.29 is 4.74 Å². The van der Waals surface area contributed by atoms with E-state index in [1.165, 1.54) is 24.0 Å². The van der Waals surface area contributed by atoms with Crippen LogP contribution in [-0.4, -0.2) is 7.11 Å². The van der Waals surface area contributed by atoms with Crippen LogP contribution in [0.1, 0.15) is 42.4 Å². The second kappa shape index (κ2) is 4.51. The highest BCUT2D eigenvalue weighted by molar-refractivity contribution is 6.33. The zero-order valence-corrected chi connectivity index (χ0v) is 11.5. The van der Waals surface area contributed by atoms with Gasteiger partial charge in [0.1, 0.15) is 5.75 Å². The van der Waals surface area contributed by atoms with E-state index in [1.807, 2.05) is 13.0 Å². The zero-order valence-electron chi connectivity index (χ0n) is 10.8. The van der Waals surface area contributed by atoms with Gasteiger partial charge in [0.05, 0.1) is 12.1 Å². The Labute approximate surface area is 108 Å². The second-order valence-corrected chi connectivity index (χ2v) is 5.45. The van der Waals surface area contributed by atoms with Gasteiger partial charge in [0.25, 0.3) is 0 Å². The monoisotopic (exact) mass is 253 g/mol. The van der Waals surface area contributed by atoms with Gasteiger partial charge in [-0.05, 0) is 49.4 Å². The van der Waals surface area contributed by atoms with Gasteiger partial charge in [-0.2, -0.15) is 0 Å². The number of halogens is 1. The minimum Gasteiger partial charge on any atom is -0.495 e. The summed E-state index contributed by atoms with van der Waals surface area (Å²) in [5.74, 6) is 0.743. The summed E-state index contributed by atoms with van der Waals surface area (Å²) in [6, 6.07) is 2.00. The Morgan fingerprint density at radius 3 is 2.41 bits per heavy atom. The first-order valence-electron chi connectivity index (χ1n) is 6.12. The lowest BCUT2D eigenvalue weighted by molar-refractivity contribution is 0.411. The maximum Gasteiger partial charge on any atom is 0.138 e. The molecule has 0 radical (unpaired) electrons. The smallest absolute Gasteiger partial charge is 0.138 e. The highest BCUT2D eigenvalue weighted by Crippen LogP contribution is 2.43. The normalized spacial score (nSPS) is 18.4. The molecule has 1 aromatic carbocycles. The lowest BCUT2D eigenvalue weighted by Gasteiger charge is -2.29. The fraction of sp³-hybridized carbons (Fsp3) is 0.571. The number of hydrogen-bond donors (Lipinski definition) is 1. The van der Waals surface area contributed by atoms with Crippen LogP contribution in [0.5, 0.6) is 5.75 Å². The van der Waals surface area contributed by atoms with Crippen molar-refractivity contribution in [3.05, 3.63) is 27.8 Å². The fourth-order valence-electron chi connectivity index (χ4n) is 3.09. The summed E-state index contributed by atoms with van der Waals surface area (Å²) in [6.45, 7) is 4.13. The van der Waals surface area contributed by atoms with Crippen LogP contribution in [-0.2, 0) is 5.54 Å². The van der Waals surface area contributed by atoms with Crippen LogP contribution < -0.4 is 10.5 Å². The summed E-state index contributed by atoms with van der Waals surface area (Å²) in [6.07, 6.45) is 4.52. The molecule has 2 nitrogen and oxygen atoms in total. The van der Waals surface area contributed by atoms with E-state index in [-0.39, 0.29) is 5.54 Å². The highest BCUT2D eigenvalue weighted by atomic mass is 35.5. The molecule has 0 atom stereocenters. The van der Waals surface area contributed by atoms with E-state index in [0.29, 0.717) is 5.02 Å². The van der Waals surface area contributed by atoms with Crippen LogP contribution in [0.4, 0.5) is 0 Å². The van der Waals surface area contributed by atoms with E-state index in [0.717, 1.165) is 24.2 Å². The number of rotatable bonds is 2. The van der Waals surface area contributed by atoms with Crippen LogP contribution >= 0.6 is 11.6 Å². The number of methoxy groups -OCH3 is 1. The number of nitrogens with two attached hydrogens (primary N) is 1. The third kappa shape index (κ3) is 2.04. The Hall–Kier alpha value is -0.730. The molecule has 1 aliphatic rings. The second-order valence-electron chi connectivity index (χ2n) is 5.07. The molecule has 0 bridgehead atoms. The van der Waals surface area contributed by atoms with E-state index in [1.54, 1.807) is 7.11 Å². The third-order valence-electron chi connectivity index (χ3n) is 3.88. The van der Waals surface area contributed by atoms with Gasteiger partial charge in [-0.1, -0.05) is 24.4 Å². The minimum atomic E-state index is -0.190. The lowest BCUT2D eigenvalue weighted by Crippen LogP contribution is -2.35. The fourth-order valence-corrected chi connectivity index (χ4v) is 3.32. The molecule has 1 fully saturated rings. The summed E-state index contributed by atoms with van der Waals surface area (Å²) >= 11 is 6.33. The van der Waals surface area contributed by atoms with Crippen molar-refractivity contribution in [3.63, 3.8) is 0 Å². The molecular formula is C14H20ClNO. The van der Waals surface area contributed by atoms with Crippen molar-refractivity contribution >= 4 is 11.6 Å².